The first-order valence-electron chi connectivity index (χ1n) is 5.65. The minimum atomic E-state index is -3.60. The van der Waals surface area contributed by atoms with Crippen LogP contribution in [0.4, 0.5) is 0 Å². The van der Waals surface area contributed by atoms with Gasteiger partial charge in [-0.1, -0.05) is 38.0 Å². The van der Waals surface area contributed by atoms with Crippen molar-refractivity contribution in [3.05, 3.63) is 30.3 Å². The van der Waals surface area contributed by atoms with Crippen molar-refractivity contribution in [3.63, 3.8) is 0 Å². The second-order valence-electron chi connectivity index (χ2n) is 3.86. The fourth-order valence-electron chi connectivity index (χ4n) is 1.39. The summed E-state index contributed by atoms with van der Waals surface area (Å²) in [4.78, 5) is 0. The zero-order chi connectivity index (χ0) is 12.7. The lowest BCUT2D eigenvalue weighted by Gasteiger charge is -2.10. The van der Waals surface area contributed by atoms with Gasteiger partial charge in [-0.3, -0.25) is 0 Å². The average molecular weight is 277 g/mol. The van der Waals surface area contributed by atoms with E-state index in [0.717, 1.165) is 12.8 Å². The molecule has 0 radical (unpaired) electrons. The second kappa shape index (κ2) is 6.87. The lowest BCUT2D eigenvalue weighted by Crippen LogP contribution is -2.21. The third-order valence-electron chi connectivity index (χ3n) is 2.22. The van der Waals surface area contributed by atoms with Crippen LogP contribution in [0, 0.1) is 0 Å². The molecule has 0 bridgehead atoms. The Morgan fingerprint density at radius 3 is 2.53 bits per heavy atom. The summed E-state index contributed by atoms with van der Waals surface area (Å²) in [6, 6.07) is 8.45. The number of hydrogen-bond acceptors (Lipinski definition) is 3. The van der Waals surface area contributed by atoms with Gasteiger partial charge in [-0.05, 0) is 18.6 Å². The number of hydrogen-bond donors (Lipinski definition) is 0. The standard InChI is InChI=1S/C12H17ClO3S/c1-2-3-7-11(13)10-17(14,15)16-12-8-5-4-6-9-12/h4-6,8-9,11H,2-3,7,10H2,1H3. The molecule has 0 N–H and O–H groups in total. The lowest BCUT2D eigenvalue weighted by molar-refractivity contribution is 0.483. The minimum absolute atomic E-state index is 0.149. The van der Waals surface area contributed by atoms with Gasteiger partial charge in [0.1, 0.15) is 11.5 Å². The molecule has 0 amide bonds. The lowest BCUT2D eigenvalue weighted by atomic mass is 10.2. The molecule has 0 aliphatic heterocycles. The molecule has 1 rings (SSSR count). The molecule has 96 valence electrons. The maximum Gasteiger partial charge on any atom is 0.310 e. The molecule has 3 nitrogen and oxygen atoms in total. The van der Waals surface area contributed by atoms with Crippen LogP contribution in [-0.4, -0.2) is 19.5 Å². The number of rotatable bonds is 7. The Balaban J connectivity index is 2.52. The molecule has 1 aromatic rings. The van der Waals surface area contributed by atoms with Crippen LogP contribution in [-0.2, 0) is 10.1 Å². The van der Waals surface area contributed by atoms with Gasteiger partial charge in [0.25, 0.3) is 0 Å². The quantitative estimate of drug-likeness (QED) is 0.567. The highest BCUT2D eigenvalue weighted by Gasteiger charge is 2.18. The summed E-state index contributed by atoms with van der Waals surface area (Å²) in [7, 11) is -3.60. The van der Waals surface area contributed by atoms with Crippen LogP contribution in [0.3, 0.4) is 0 Å². The fourth-order valence-corrected chi connectivity index (χ4v) is 3.09. The normalized spacial score (nSPS) is 13.3. The van der Waals surface area contributed by atoms with E-state index >= 15 is 0 Å². The van der Waals surface area contributed by atoms with E-state index < -0.39 is 10.1 Å². The molecule has 0 heterocycles. The van der Waals surface area contributed by atoms with Crippen LogP contribution in [0.15, 0.2) is 30.3 Å². The molecule has 0 fully saturated rings. The molecule has 17 heavy (non-hydrogen) atoms. The summed E-state index contributed by atoms with van der Waals surface area (Å²) < 4.78 is 28.3. The third-order valence-corrected chi connectivity index (χ3v) is 4.03. The zero-order valence-corrected chi connectivity index (χ0v) is 11.4. The van der Waals surface area contributed by atoms with Crippen molar-refractivity contribution < 1.29 is 12.6 Å². The number of unbranched alkanes of at least 4 members (excludes halogenated alkanes) is 1. The van der Waals surface area contributed by atoms with E-state index in [1.54, 1.807) is 30.3 Å². The molecular formula is C12H17ClO3S. The predicted octanol–water partition coefficient (Wildman–Crippen LogP) is 3.19. The summed E-state index contributed by atoms with van der Waals surface area (Å²) in [5.41, 5.74) is 0. The van der Waals surface area contributed by atoms with Gasteiger partial charge >= 0.3 is 10.1 Å². The zero-order valence-electron chi connectivity index (χ0n) is 9.80. The van der Waals surface area contributed by atoms with Crippen LogP contribution < -0.4 is 4.18 Å². The van der Waals surface area contributed by atoms with E-state index in [0.29, 0.717) is 12.2 Å². The highest BCUT2D eigenvalue weighted by atomic mass is 35.5. The Kier molecular flexibility index (Phi) is 5.78. The number of halogens is 1. The van der Waals surface area contributed by atoms with Crippen molar-refractivity contribution in [1.29, 1.82) is 0 Å². The molecule has 5 heteroatoms. The summed E-state index contributed by atoms with van der Waals surface area (Å²) >= 11 is 5.95. The fraction of sp³-hybridized carbons (Fsp3) is 0.500. The molecule has 1 aromatic carbocycles. The van der Waals surface area contributed by atoms with Gasteiger partial charge in [0.05, 0.1) is 5.38 Å². The van der Waals surface area contributed by atoms with E-state index in [1.165, 1.54) is 0 Å². The van der Waals surface area contributed by atoms with E-state index in [2.05, 4.69) is 0 Å². The first-order valence-corrected chi connectivity index (χ1v) is 7.66. The van der Waals surface area contributed by atoms with E-state index in [-0.39, 0.29) is 11.1 Å². The van der Waals surface area contributed by atoms with Gasteiger partial charge in [0.2, 0.25) is 0 Å². The van der Waals surface area contributed by atoms with Crippen molar-refractivity contribution in [2.75, 3.05) is 5.75 Å². The molecule has 0 spiro atoms. The van der Waals surface area contributed by atoms with Crippen molar-refractivity contribution in [3.8, 4) is 5.75 Å². The first kappa shape index (κ1) is 14.3. The Bertz CT molecular complexity index is 417. The highest BCUT2D eigenvalue weighted by Crippen LogP contribution is 2.15. The van der Waals surface area contributed by atoms with Crippen LogP contribution in [0.2, 0.25) is 0 Å². The van der Waals surface area contributed by atoms with Crippen molar-refractivity contribution in [2.24, 2.45) is 0 Å². The monoisotopic (exact) mass is 276 g/mol. The molecule has 0 aliphatic carbocycles. The van der Waals surface area contributed by atoms with Gasteiger partial charge in [0, 0.05) is 0 Å². The highest BCUT2D eigenvalue weighted by molar-refractivity contribution is 7.87. The summed E-state index contributed by atoms with van der Waals surface area (Å²) in [6.07, 6.45) is 2.62. The number of benzene rings is 1. The van der Waals surface area contributed by atoms with Crippen molar-refractivity contribution >= 4 is 21.7 Å². The molecule has 0 aliphatic rings. The van der Waals surface area contributed by atoms with Crippen LogP contribution in [0.1, 0.15) is 26.2 Å². The Hall–Kier alpha value is -0.740. The Labute approximate surface area is 108 Å². The smallest absolute Gasteiger partial charge is 0.310 e. The van der Waals surface area contributed by atoms with Gasteiger partial charge in [-0.15, -0.1) is 11.6 Å². The van der Waals surface area contributed by atoms with Crippen LogP contribution in [0.25, 0.3) is 0 Å². The predicted molar refractivity (Wildman–Crippen MR) is 70.0 cm³/mol. The Morgan fingerprint density at radius 1 is 1.29 bits per heavy atom. The minimum Gasteiger partial charge on any atom is -0.382 e. The van der Waals surface area contributed by atoms with E-state index in [4.69, 9.17) is 15.8 Å². The van der Waals surface area contributed by atoms with E-state index in [1.807, 2.05) is 6.92 Å². The molecular weight excluding hydrogens is 260 g/mol. The van der Waals surface area contributed by atoms with Crippen molar-refractivity contribution in [1.82, 2.24) is 0 Å². The molecule has 0 saturated carbocycles. The van der Waals surface area contributed by atoms with Gasteiger partial charge in [-0.25, -0.2) is 0 Å². The summed E-state index contributed by atoms with van der Waals surface area (Å²) in [5.74, 6) is 0.176. The van der Waals surface area contributed by atoms with E-state index in [9.17, 15) is 8.42 Å². The maximum atomic E-state index is 11.7. The number of para-hydroxylation sites is 1. The molecule has 1 atom stereocenters. The van der Waals surface area contributed by atoms with Gasteiger partial charge in [0.15, 0.2) is 0 Å². The van der Waals surface area contributed by atoms with Crippen molar-refractivity contribution in [2.45, 2.75) is 31.6 Å². The van der Waals surface area contributed by atoms with Gasteiger partial charge < -0.3 is 4.18 Å². The van der Waals surface area contributed by atoms with Crippen LogP contribution in [0.5, 0.6) is 5.75 Å². The summed E-state index contributed by atoms with van der Waals surface area (Å²) in [5, 5.41) is -0.385. The van der Waals surface area contributed by atoms with Gasteiger partial charge in [-0.2, -0.15) is 8.42 Å². The van der Waals surface area contributed by atoms with Crippen LogP contribution >= 0.6 is 11.6 Å². The average Bonchev–Trinajstić information content (AvgIpc) is 2.26. The summed E-state index contributed by atoms with van der Waals surface area (Å²) in [6.45, 7) is 2.04. The first-order chi connectivity index (χ1) is 8.03. The molecule has 1 unspecified atom stereocenters. The third kappa shape index (κ3) is 5.94. The Morgan fingerprint density at radius 2 is 1.94 bits per heavy atom. The second-order valence-corrected chi connectivity index (χ2v) is 6.09. The molecule has 0 saturated heterocycles. The SMILES string of the molecule is CCCCC(Cl)CS(=O)(=O)Oc1ccccc1. The number of alkyl halides is 1. The maximum absolute atomic E-state index is 11.7. The topological polar surface area (TPSA) is 43.4 Å². The largest absolute Gasteiger partial charge is 0.382 e. The molecule has 0 aromatic heterocycles.